The van der Waals surface area contributed by atoms with Crippen LogP contribution in [0, 0.1) is 5.82 Å². The number of hydrogen-bond donors (Lipinski definition) is 3. The standard InChI is InChI=1S/C23H22ClFN2O4/c1-27-18-8-7-16(25)20(24)15(18)11-19(27)21(29)26-17(12-28)13-3-5-14(6-4-13)23(22(30)31)9-2-10-23/h3-8,11,17,28H,2,9-10,12H2,1H3,(H,26,29)(H,30,31)/t17-/m1/s1. The predicted molar refractivity (Wildman–Crippen MR) is 115 cm³/mol. The summed E-state index contributed by atoms with van der Waals surface area (Å²) in [5.74, 6) is -1.84. The molecule has 6 nitrogen and oxygen atoms in total. The summed E-state index contributed by atoms with van der Waals surface area (Å²) in [6.07, 6.45) is 2.08. The largest absolute Gasteiger partial charge is 0.481 e. The molecule has 31 heavy (non-hydrogen) atoms. The Kier molecular flexibility index (Phi) is 5.49. The lowest BCUT2D eigenvalue weighted by Crippen LogP contribution is -2.42. The van der Waals surface area contributed by atoms with Crippen molar-refractivity contribution < 1.29 is 24.2 Å². The Bertz CT molecular complexity index is 1170. The number of amides is 1. The minimum atomic E-state index is -0.839. The topological polar surface area (TPSA) is 91.6 Å². The molecular weight excluding hydrogens is 423 g/mol. The highest BCUT2D eigenvalue weighted by Gasteiger charge is 2.45. The van der Waals surface area contributed by atoms with Crippen molar-refractivity contribution in [3.63, 3.8) is 0 Å². The van der Waals surface area contributed by atoms with Crippen LogP contribution in [0.1, 0.15) is 46.9 Å². The molecular formula is C23H22ClFN2O4. The van der Waals surface area contributed by atoms with Gasteiger partial charge in [0.05, 0.1) is 28.6 Å². The highest BCUT2D eigenvalue weighted by molar-refractivity contribution is 6.35. The van der Waals surface area contributed by atoms with Crippen LogP contribution >= 0.6 is 11.6 Å². The number of aliphatic carboxylic acids is 1. The smallest absolute Gasteiger partial charge is 0.314 e. The number of aliphatic hydroxyl groups is 1. The van der Waals surface area contributed by atoms with Crippen LogP contribution in [0.3, 0.4) is 0 Å². The second-order valence-electron chi connectivity index (χ2n) is 7.95. The first kappa shape index (κ1) is 21.3. The molecule has 162 valence electrons. The summed E-state index contributed by atoms with van der Waals surface area (Å²) in [5.41, 5.74) is 1.43. The van der Waals surface area contributed by atoms with E-state index < -0.39 is 29.2 Å². The zero-order chi connectivity index (χ0) is 22.3. The van der Waals surface area contributed by atoms with Crippen molar-refractivity contribution in [2.24, 2.45) is 7.05 Å². The Morgan fingerprint density at radius 2 is 1.90 bits per heavy atom. The molecule has 1 fully saturated rings. The van der Waals surface area contributed by atoms with E-state index in [0.29, 0.717) is 29.3 Å². The average Bonchev–Trinajstić information content (AvgIpc) is 3.05. The van der Waals surface area contributed by atoms with Crippen molar-refractivity contribution in [3.05, 3.63) is 70.1 Å². The first-order valence-electron chi connectivity index (χ1n) is 9.97. The van der Waals surface area contributed by atoms with Crippen molar-refractivity contribution in [2.45, 2.75) is 30.7 Å². The van der Waals surface area contributed by atoms with E-state index >= 15 is 0 Å². The summed E-state index contributed by atoms with van der Waals surface area (Å²) in [6.45, 7) is -0.339. The Morgan fingerprint density at radius 1 is 1.23 bits per heavy atom. The lowest BCUT2D eigenvalue weighted by Gasteiger charge is -2.38. The van der Waals surface area contributed by atoms with Crippen LogP contribution in [0.15, 0.2) is 42.5 Å². The zero-order valence-corrected chi connectivity index (χ0v) is 17.6. The van der Waals surface area contributed by atoms with Crippen LogP contribution in [0.5, 0.6) is 0 Å². The van der Waals surface area contributed by atoms with E-state index in [4.69, 9.17) is 11.6 Å². The van der Waals surface area contributed by atoms with Crippen LogP contribution in [-0.4, -0.2) is 33.3 Å². The van der Waals surface area contributed by atoms with Gasteiger partial charge in [-0.05, 0) is 42.2 Å². The normalized spacial score (nSPS) is 16.0. The number of halogens is 2. The van der Waals surface area contributed by atoms with Gasteiger partial charge in [-0.1, -0.05) is 42.3 Å². The summed E-state index contributed by atoms with van der Waals surface area (Å²) in [6, 6.07) is 10.6. The maximum absolute atomic E-state index is 13.8. The van der Waals surface area contributed by atoms with Crippen molar-refractivity contribution in [1.82, 2.24) is 9.88 Å². The number of rotatable bonds is 6. The highest BCUT2D eigenvalue weighted by Crippen LogP contribution is 2.44. The van der Waals surface area contributed by atoms with Crippen LogP contribution in [0.25, 0.3) is 10.9 Å². The van der Waals surface area contributed by atoms with E-state index in [0.717, 1.165) is 12.0 Å². The van der Waals surface area contributed by atoms with Gasteiger partial charge in [-0.25, -0.2) is 4.39 Å². The maximum Gasteiger partial charge on any atom is 0.314 e. The molecule has 0 aliphatic heterocycles. The van der Waals surface area contributed by atoms with E-state index in [1.807, 2.05) is 0 Å². The quantitative estimate of drug-likeness (QED) is 0.537. The Labute approximate surface area is 183 Å². The monoisotopic (exact) mass is 444 g/mol. The van der Waals surface area contributed by atoms with E-state index in [1.165, 1.54) is 12.1 Å². The molecule has 8 heteroatoms. The Hall–Kier alpha value is -2.90. The van der Waals surface area contributed by atoms with Gasteiger partial charge >= 0.3 is 5.97 Å². The lowest BCUT2D eigenvalue weighted by molar-refractivity contribution is -0.147. The fourth-order valence-corrected chi connectivity index (χ4v) is 4.44. The number of aromatic nitrogens is 1. The summed E-state index contributed by atoms with van der Waals surface area (Å²) in [5, 5.41) is 22.6. The molecule has 1 saturated carbocycles. The number of aliphatic hydroxyl groups excluding tert-OH is 1. The van der Waals surface area contributed by atoms with Gasteiger partial charge in [-0.15, -0.1) is 0 Å². The zero-order valence-electron chi connectivity index (χ0n) is 16.9. The molecule has 1 amide bonds. The number of nitrogens with zero attached hydrogens (tertiary/aromatic N) is 1. The van der Waals surface area contributed by atoms with Crippen molar-refractivity contribution in [3.8, 4) is 0 Å². The number of aryl methyl sites for hydroxylation is 1. The number of hydrogen-bond acceptors (Lipinski definition) is 3. The molecule has 0 saturated heterocycles. The highest BCUT2D eigenvalue weighted by atomic mass is 35.5. The van der Waals surface area contributed by atoms with Crippen molar-refractivity contribution in [1.29, 1.82) is 0 Å². The van der Waals surface area contributed by atoms with Crippen LogP contribution in [-0.2, 0) is 17.3 Å². The van der Waals surface area contributed by atoms with Crippen LogP contribution < -0.4 is 5.32 Å². The first-order chi connectivity index (χ1) is 14.8. The molecule has 0 radical (unpaired) electrons. The fraction of sp³-hybridized carbons (Fsp3) is 0.304. The van der Waals surface area contributed by atoms with Gasteiger partial charge < -0.3 is 20.1 Å². The van der Waals surface area contributed by atoms with Gasteiger partial charge in [0.15, 0.2) is 0 Å². The molecule has 1 aliphatic carbocycles. The molecule has 1 atom stereocenters. The minimum absolute atomic E-state index is 0.0511. The molecule has 0 bridgehead atoms. The van der Waals surface area contributed by atoms with Gasteiger partial charge in [0.2, 0.25) is 0 Å². The molecule has 2 aromatic carbocycles. The van der Waals surface area contributed by atoms with E-state index in [9.17, 15) is 24.2 Å². The third-order valence-corrected chi connectivity index (χ3v) is 6.70. The van der Waals surface area contributed by atoms with Gasteiger partial charge in [0.1, 0.15) is 11.5 Å². The summed E-state index contributed by atoms with van der Waals surface area (Å²) >= 11 is 6.03. The van der Waals surface area contributed by atoms with E-state index in [2.05, 4.69) is 5.32 Å². The van der Waals surface area contributed by atoms with E-state index in [-0.39, 0.29) is 17.3 Å². The van der Waals surface area contributed by atoms with Gasteiger partial charge in [0, 0.05) is 12.4 Å². The molecule has 0 spiro atoms. The number of carboxylic acid groups (broad SMARTS) is 1. The average molecular weight is 445 g/mol. The number of carboxylic acids is 1. The first-order valence-corrected chi connectivity index (χ1v) is 10.4. The molecule has 1 heterocycles. The Morgan fingerprint density at radius 3 is 2.45 bits per heavy atom. The minimum Gasteiger partial charge on any atom is -0.481 e. The summed E-state index contributed by atoms with van der Waals surface area (Å²) in [4.78, 5) is 24.6. The summed E-state index contributed by atoms with van der Waals surface area (Å²) < 4.78 is 15.4. The number of benzene rings is 2. The van der Waals surface area contributed by atoms with Crippen LogP contribution in [0.2, 0.25) is 5.02 Å². The van der Waals surface area contributed by atoms with E-state index in [1.54, 1.807) is 41.9 Å². The van der Waals surface area contributed by atoms with Crippen LogP contribution in [0.4, 0.5) is 4.39 Å². The third-order valence-electron chi connectivity index (χ3n) is 6.32. The number of carbonyl (C=O) groups excluding carboxylic acids is 1. The summed E-state index contributed by atoms with van der Waals surface area (Å²) in [7, 11) is 1.68. The second-order valence-corrected chi connectivity index (χ2v) is 8.33. The molecule has 1 aliphatic rings. The van der Waals surface area contributed by atoms with Gasteiger partial charge in [-0.3, -0.25) is 9.59 Å². The second kappa shape index (κ2) is 7.98. The molecule has 3 N–H and O–H groups in total. The number of carbonyl (C=O) groups is 2. The molecule has 0 unspecified atom stereocenters. The number of fused-ring (bicyclic) bond motifs is 1. The van der Waals surface area contributed by atoms with Gasteiger partial charge in [-0.2, -0.15) is 0 Å². The number of nitrogens with one attached hydrogen (secondary N) is 1. The van der Waals surface area contributed by atoms with Crippen molar-refractivity contribution in [2.75, 3.05) is 6.61 Å². The lowest BCUT2D eigenvalue weighted by atomic mass is 9.64. The van der Waals surface area contributed by atoms with Crippen molar-refractivity contribution >= 4 is 34.4 Å². The molecule has 4 rings (SSSR count). The third kappa shape index (κ3) is 3.47. The Balaban J connectivity index is 1.58. The fourth-order valence-electron chi connectivity index (χ4n) is 4.22. The molecule has 3 aromatic rings. The molecule has 1 aromatic heterocycles. The predicted octanol–water partition coefficient (Wildman–Crippen LogP) is 3.94. The SMILES string of the molecule is Cn1c(C(=O)N[C@H](CO)c2ccc(C3(C(=O)O)CCC3)cc2)cc2c(Cl)c(F)ccc21. The van der Waals surface area contributed by atoms with Gasteiger partial charge in [0.25, 0.3) is 5.91 Å². The maximum atomic E-state index is 13.8.